The summed E-state index contributed by atoms with van der Waals surface area (Å²) in [6.07, 6.45) is 11.9. The minimum atomic E-state index is -2.37. The SMILES string of the molecule is Cc1cc(Cc2c(-c3ccc(F)c(C#CC4CCCC4)c3)nn(C(=N)S)c2CC2CC2)ccc1[SH](C)(C)=O. The topological polar surface area (TPSA) is 58.7 Å². The third kappa shape index (κ3) is 5.97. The van der Waals surface area contributed by atoms with Crippen molar-refractivity contribution < 1.29 is 8.60 Å². The number of thiol groups is 2. The number of rotatable bonds is 6. The molecule has 4 nitrogen and oxygen atoms in total. The smallest absolute Gasteiger partial charge is 0.178 e. The van der Waals surface area contributed by atoms with Crippen molar-refractivity contribution in [2.45, 2.75) is 63.2 Å². The summed E-state index contributed by atoms with van der Waals surface area (Å²) in [4.78, 5) is 0.900. The second kappa shape index (κ2) is 10.8. The molecular formula is C31H36FN3OS2. The molecule has 38 heavy (non-hydrogen) atoms. The number of nitrogens with one attached hydrogen (secondary N) is 1. The fourth-order valence-corrected chi connectivity index (χ4v) is 7.05. The van der Waals surface area contributed by atoms with Crippen LogP contribution < -0.4 is 0 Å². The Balaban J connectivity index is 1.59. The van der Waals surface area contributed by atoms with E-state index in [1.807, 2.05) is 19.1 Å². The minimum absolute atomic E-state index is 0.0703. The lowest BCUT2D eigenvalue weighted by Gasteiger charge is -2.17. The number of hydrogen-bond donors (Lipinski definition) is 3. The van der Waals surface area contributed by atoms with Gasteiger partial charge in [0.15, 0.2) is 5.17 Å². The molecule has 0 saturated heterocycles. The molecule has 0 atom stereocenters. The molecular weight excluding hydrogens is 513 g/mol. The van der Waals surface area contributed by atoms with Gasteiger partial charge < -0.3 is 0 Å². The highest BCUT2D eigenvalue weighted by molar-refractivity contribution is 8.01. The quantitative estimate of drug-likeness (QED) is 0.144. The summed E-state index contributed by atoms with van der Waals surface area (Å²) in [5.74, 6) is 6.99. The fraction of sp³-hybridized carbons (Fsp3) is 0.419. The Morgan fingerprint density at radius 1 is 1.16 bits per heavy atom. The molecule has 3 aromatic rings. The Hall–Kier alpha value is -2.69. The van der Waals surface area contributed by atoms with Gasteiger partial charge in [0, 0.05) is 28.4 Å². The highest BCUT2D eigenvalue weighted by Gasteiger charge is 2.29. The van der Waals surface area contributed by atoms with Crippen molar-refractivity contribution in [3.05, 3.63) is 70.2 Å². The first-order valence-electron chi connectivity index (χ1n) is 13.5. The molecule has 0 amide bonds. The first-order valence-corrected chi connectivity index (χ1v) is 16.5. The van der Waals surface area contributed by atoms with Gasteiger partial charge in [0.25, 0.3) is 0 Å². The monoisotopic (exact) mass is 549 g/mol. The maximum absolute atomic E-state index is 14.8. The third-order valence-corrected chi connectivity index (χ3v) is 9.55. The van der Waals surface area contributed by atoms with Crippen LogP contribution in [-0.4, -0.2) is 31.7 Å². The zero-order chi connectivity index (χ0) is 27.0. The Labute approximate surface area is 231 Å². The average molecular weight is 550 g/mol. The van der Waals surface area contributed by atoms with Crippen LogP contribution in [0.2, 0.25) is 0 Å². The molecule has 1 N–H and O–H groups in total. The summed E-state index contributed by atoms with van der Waals surface area (Å²) in [6, 6.07) is 11.2. The summed E-state index contributed by atoms with van der Waals surface area (Å²) >= 11 is 4.35. The molecule has 2 aliphatic rings. The van der Waals surface area contributed by atoms with Crippen molar-refractivity contribution in [2.24, 2.45) is 11.8 Å². The second-order valence-corrected chi connectivity index (χ2v) is 14.9. The van der Waals surface area contributed by atoms with E-state index >= 15 is 0 Å². The first-order chi connectivity index (χ1) is 18.1. The highest BCUT2D eigenvalue weighted by atomic mass is 32.2. The van der Waals surface area contributed by atoms with Gasteiger partial charge in [-0.25, -0.2) is 9.07 Å². The molecule has 2 saturated carbocycles. The Morgan fingerprint density at radius 3 is 2.53 bits per heavy atom. The van der Waals surface area contributed by atoms with E-state index in [0.29, 0.717) is 23.8 Å². The molecule has 2 fully saturated rings. The Kier molecular flexibility index (Phi) is 7.66. The van der Waals surface area contributed by atoms with Crippen molar-refractivity contribution in [2.75, 3.05) is 12.5 Å². The molecule has 2 aromatic carbocycles. The second-order valence-electron chi connectivity index (χ2n) is 11.3. The minimum Gasteiger partial charge on any atom is -0.281 e. The molecule has 1 aromatic heterocycles. The predicted molar refractivity (Wildman–Crippen MR) is 159 cm³/mol. The van der Waals surface area contributed by atoms with Crippen LogP contribution in [0.3, 0.4) is 0 Å². The highest BCUT2D eigenvalue weighted by Crippen LogP contribution is 2.37. The average Bonchev–Trinajstić information content (AvgIpc) is 3.38. The van der Waals surface area contributed by atoms with Crippen LogP contribution in [0, 0.1) is 41.8 Å². The molecule has 0 radical (unpaired) electrons. The molecule has 0 unspecified atom stereocenters. The van der Waals surface area contributed by atoms with Crippen molar-refractivity contribution in [3.63, 3.8) is 0 Å². The Bertz CT molecular complexity index is 1500. The van der Waals surface area contributed by atoms with Crippen molar-refractivity contribution in [1.82, 2.24) is 9.78 Å². The molecule has 200 valence electrons. The standard InChI is InChI=1S/C31H36FN3OS2/c1-20-16-23(11-15-29(20)38(2,3)36)17-26-28(18-22-8-9-22)35(31(33)37)34-30(26)25-13-14-27(32)24(19-25)12-10-21-6-4-5-7-21/h11,13-16,19,21-22,38H,4-9,17-18H2,1-3H3,(H2,33,37). The van der Waals surface area contributed by atoms with Crippen LogP contribution >= 0.6 is 12.6 Å². The van der Waals surface area contributed by atoms with Gasteiger partial charge in [-0.15, -0.1) is 12.6 Å². The van der Waals surface area contributed by atoms with E-state index in [-0.39, 0.29) is 11.0 Å². The van der Waals surface area contributed by atoms with E-state index in [4.69, 9.17) is 10.5 Å². The van der Waals surface area contributed by atoms with Gasteiger partial charge in [-0.2, -0.15) is 5.10 Å². The lowest BCUT2D eigenvalue weighted by atomic mass is 9.95. The van der Waals surface area contributed by atoms with E-state index in [1.165, 1.54) is 31.7 Å². The van der Waals surface area contributed by atoms with Crippen molar-refractivity contribution in [3.8, 4) is 23.1 Å². The van der Waals surface area contributed by atoms with Gasteiger partial charge in [-0.3, -0.25) is 9.62 Å². The molecule has 2 aliphatic carbocycles. The maximum atomic E-state index is 14.8. The predicted octanol–water partition coefficient (Wildman–Crippen LogP) is 6.43. The van der Waals surface area contributed by atoms with Crippen LogP contribution in [0.5, 0.6) is 0 Å². The van der Waals surface area contributed by atoms with E-state index in [2.05, 4.69) is 30.5 Å². The summed E-state index contributed by atoms with van der Waals surface area (Å²) in [7, 11) is -2.37. The molecule has 0 aliphatic heterocycles. The van der Waals surface area contributed by atoms with E-state index in [0.717, 1.165) is 57.8 Å². The largest absolute Gasteiger partial charge is 0.281 e. The molecule has 7 heteroatoms. The van der Waals surface area contributed by atoms with E-state index in [1.54, 1.807) is 29.3 Å². The van der Waals surface area contributed by atoms with Gasteiger partial charge in [0.05, 0.1) is 17.0 Å². The fourth-order valence-electron chi connectivity index (χ4n) is 5.54. The summed E-state index contributed by atoms with van der Waals surface area (Å²) < 4.78 is 29.1. The van der Waals surface area contributed by atoms with Crippen LogP contribution in [0.1, 0.15) is 66.5 Å². The summed E-state index contributed by atoms with van der Waals surface area (Å²) in [6.45, 7) is 2.01. The summed E-state index contributed by atoms with van der Waals surface area (Å²) in [5.41, 5.74) is 6.04. The van der Waals surface area contributed by atoms with Gasteiger partial charge in [-0.1, -0.05) is 46.7 Å². The van der Waals surface area contributed by atoms with E-state index in [9.17, 15) is 8.60 Å². The number of aromatic nitrogens is 2. The number of aryl methyl sites for hydroxylation is 1. The maximum Gasteiger partial charge on any atom is 0.178 e. The number of nitrogens with zero attached hydrogens (tertiary/aromatic N) is 2. The van der Waals surface area contributed by atoms with Crippen LogP contribution in [-0.2, 0) is 22.8 Å². The first kappa shape index (κ1) is 26.9. The van der Waals surface area contributed by atoms with Gasteiger partial charge in [0.2, 0.25) is 0 Å². The zero-order valence-electron chi connectivity index (χ0n) is 22.4. The number of halogens is 1. The van der Waals surface area contributed by atoms with Gasteiger partial charge in [-0.05, 0) is 92.8 Å². The van der Waals surface area contributed by atoms with E-state index < -0.39 is 9.93 Å². The lowest BCUT2D eigenvalue weighted by molar-refractivity contribution is 0.624. The van der Waals surface area contributed by atoms with Crippen LogP contribution in [0.25, 0.3) is 11.3 Å². The lowest BCUT2D eigenvalue weighted by Crippen LogP contribution is -2.11. The van der Waals surface area contributed by atoms with Gasteiger partial charge >= 0.3 is 0 Å². The number of hydrogen-bond acceptors (Lipinski definition) is 3. The van der Waals surface area contributed by atoms with Crippen LogP contribution in [0.15, 0.2) is 41.3 Å². The van der Waals surface area contributed by atoms with Gasteiger partial charge in [0.1, 0.15) is 5.82 Å². The Morgan fingerprint density at radius 2 is 1.89 bits per heavy atom. The molecule has 0 bridgehead atoms. The van der Waals surface area contributed by atoms with Crippen molar-refractivity contribution >= 4 is 27.7 Å². The number of benzene rings is 2. The normalized spacial score (nSPS) is 16.3. The molecule has 0 spiro atoms. The molecule has 5 rings (SSSR count). The third-order valence-electron chi connectivity index (χ3n) is 7.70. The van der Waals surface area contributed by atoms with Crippen molar-refractivity contribution in [1.29, 1.82) is 5.41 Å². The molecule has 1 heterocycles. The van der Waals surface area contributed by atoms with Crippen LogP contribution in [0.4, 0.5) is 4.39 Å². The zero-order valence-corrected chi connectivity index (χ0v) is 24.1. The summed E-state index contributed by atoms with van der Waals surface area (Å²) in [5, 5.41) is 13.2.